The second kappa shape index (κ2) is 9.00. The molecule has 2 N–H and O–H groups in total. The number of rotatable bonds is 4. The molecule has 0 bridgehead atoms. The molecule has 0 spiro atoms. The van der Waals surface area contributed by atoms with Crippen molar-refractivity contribution >= 4 is 40.7 Å². The third-order valence-corrected chi connectivity index (χ3v) is 5.90. The van der Waals surface area contributed by atoms with E-state index in [-0.39, 0.29) is 11.7 Å². The van der Waals surface area contributed by atoms with Gasteiger partial charge in [0.1, 0.15) is 16.6 Å². The van der Waals surface area contributed by atoms with Gasteiger partial charge in [0.05, 0.1) is 11.7 Å². The van der Waals surface area contributed by atoms with Gasteiger partial charge in [0.15, 0.2) is 6.17 Å². The minimum Gasteiger partial charge on any atom is -0.507 e. The highest BCUT2D eigenvalue weighted by molar-refractivity contribution is 6.32. The van der Waals surface area contributed by atoms with Crippen LogP contribution in [0.1, 0.15) is 28.4 Å². The van der Waals surface area contributed by atoms with Gasteiger partial charge in [-0.05, 0) is 42.8 Å². The molecule has 0 saturated carbocycles. The zero-order valence-electron chi connectivity index (χ0n) is 18.3. The van der Waals surface area contributed by atoms with Crippen molar-refractivity contribution in [2.75, 3.05) is 0 Å². The van der Waals surface area contributed by atoms with Gasteiger partial charge in [-0.15, -0.1) is 0 Å². The molecule has 1 aromatic heterocycles. The second-order valence-electron chi connectivity index (χ2n) is 8.03. The standard InChI is InChI=1S/C27H21ClN4O2/c1-17-11-12-22-20(13-17)14-21(25(28)30-22)16-29-32-26(18-7-3-2-4-8-18)31-23(27(32)34)15-19-9-5-6-10-24(19)33/h2-16,26,31,33H,1H3/b23-15-,29-16+. The van der Waals surface area contributed by atoms with Crippen molar-refractivity contribution in [2.45, 2.75) is 13.1 Å². The Labute approximate surface area is 201 Å². The molecule has 168 valence electrons. The van der Waals surface area contributed by atoms with E-state index < -0.39 is 6.17 Å². The number of para-hydroxylation sites is 1. The van der Waals surface area contributed by atoms with Gasteiger partial charge < -0.3 is 10.4 Å². The highest BCUT2D eigenvalue weighted by Gasteiger charge is 2.36. The molecule has 0 aliphatic carbocycles. The Morgan fingerprint density at radius 3 is 2.59 bits per heavy atom. The van der Waals surface area contributed by atoms with Crippen molar-refractivity contribution in [3.05, 3.63) is 112 Å². The number of carbonyl (C=O) groups excluding carboxylic acids is 1. The van der Waals surface area contributed by atoms with E-state index in [1.54, 1.807) is 36.6 Å². The van der Waals surface area contributed by atoms with Crippen molar-refractivity contribution in [1.29, 1.82) is 0 Å². The molecule has 5 rings (SSSR count). The lowest BCUT2D eigenvalue weighted by molar-refractivity contribution is -0.126. The molecule has 1 fully saturated rings. The fraction of sp³-hybridized carbons (Fsp3) is 0.0741. The van der Waals surface area contributed by atoms with Crippen LogP contribution < -0.4 is 5.32 Å². The molecule has 1 atom stereocenters. The first-order valence-electron chi connectivity index (χ1n) is 10.8. The summed E-state index contributed by atoms with van der Waals surface area (Å²) >= 11 is 6.41. The average Bonchev–Trinajstić information content (AvgIpc) is 3.15. The summed E-state index contributed by atoms with van der Waals surface area (Å²) in [4.78, 5) is 17.8. The lowest BCUT2D eigenvalue weighted by Crippen LogP contribution is -2.25. The van der Waals surface area contributed by atoms with Gasteiger partial charge in [-0.3, -0.25) is 4.79 Å². The van der Waals surface area contributed by atoms with Gasteiger partial charge in [-0.1, -0.05) is 71.8 Å². The summed E-state index contributed by atoms with van der Waals surface area (Å²) in [5.41, 5.74) is 4.24. The molecular formula is C27H21ClN4O2. The molecule has 2 heterocycles. The van der Waals surface area contributed by atoms with E-state index in [1.165, 1.54) is 5.01 Å². The molecule has 0 radical (unpaired) electrons. The van der Waals surface area contributed by atoms with Crippen LogP contribution in [0.4, 0.5) is 0 Å². The molecule has 4 aromatic rings. The number of phenolic OH excluding ortho intramolecular Hbond substituents is 1. The fourth-order valence-corrected chi connectivity index (χ4v) is 4.06. The van der Waals surface area contributed by atoms with Gasteiger partial charge in [-0.25, -0.2) is 9.99 Å². The Morgan fingerprint density at radius 2 is 1.79 bits per heavy atom. The van der Waals surface area contributed by atoms with Crippen LogP contribution in [0.2, 0.25) is 5.15 Å². The summed E-state index contributed by atoms with van der Waals surface area (Å²) in [5, 5.41) is 20.5. The third kappa shape index (κ3) is 4.23. The molecule has 1 aliphatic heterocycles. The van der Waals surface area contributed by atoms with Crippen molar-refractivity contribution in [2.24, 2.45) is 5.10 Å². The maximum absolute atomic E-state index is 13.3. The van der Waals surface area contributed by atoms with Crippen LogP contribution in [-0.4, -0.2) is 27.2 Å². The highest BCUT2D eigenvalue weighted by atomic mass is 35.5. The summed E-state index contributed by atoms with van der Waals surface area (Å²) in [6.45, 7) is 2.01. The first-order chi connectivity index (χ1) is 16.5. The quantitative estimate of drug-likeness (QED) is 0.238. The first-order valence-corrected chi connectivity index (χ1v) is 11.1. The number of nitrogens with one attached hydrogen (secondary N) is 1. The maximum atomic E-state index is 13.3. The molecular weight excluding hydrogens is 448 g/mol. The molecule has 7 heteroatoms. The Kier molecular flexibility index (Phi) is 5.74. The Morgan fingerprint density at radius 1 is 1.03 bits per heavy atom. The number of nitrogens with zero attached hydrogens (tertiary/aromatic N) is 3. The van der Waals surface area contributed by atoms with Crippen molar-refractivity contribution in [1.82, 2.24) is 15.3 Å². The highest BCUT2D eigenvalue weighted by Crippen LogP contribution is 2.30. The molecule has 1 amide bonds. The number of aryl methyl sites for hydroxylation is 1. The van der Waals surface area contributed by atoms with Crippen LogP contribution >= 0.6 is 11.6 Å². The number of hydrogen-bond donors (Lipinski definition) is 2. The number of halogens is 1. The van der Waals surface area contributed by atoms with Crippen molar-refractivity contribution < 1.29 is 9.90 Å². The van der Waals surface area contributed by atoms with Gasteiger partial charge in [0, 0.05) is 16.5 Å². The summed E-state index contributed by atoms with van der Waals surface area (Å²) in [6.07, 6.45) is 2.66. The number of amides is 1. The zero-order chi connectivity index (χ0) is 23.7. The molecule has 1 aliphatic rings. The number of carbonyl (C=O) groups is 1. The number of hydrogen-bond acceptors (Lipinski definition) is 5. The van der Waals surface area contributed by atoms with Gasteiger partial charge in [0.25, 0.3) is 5.91 Å². The predicted molar refractivity (Wildman–Crippen MR) is 134 cm³/mol. The topological polar surface area (TPSA) is 77.8 Å². The number of phenols is 1. The van der Waals surface area contributed by atoms with E-state index in [0.29, 0.717) is 22.0 Å². The van der Waals surface area contributed by atoms with Crippen LogP contribution in [0, 0.1) is 6.92 Å². The number of pyridine rings is 1. The van der Waals surface area contributed by atoms with Crippen LogP contribution in [-0.2, 0) is 4.79 Å². The van der Waals surface area contributed by atoms with Crippen LogP contribution in [0.15, 0.2) is 89.7 Å². The third-order valence-electron chi connectivity index (χ3n) is 5.60. The van der Waals surface area contributed by atoms with E-state index in [0.717, 1.165) is 22.0 Å². The van der Waals surface area contributed by atoms with Crippen LogP contribution in [0.5, 0.6) is 5.75 Å². The smallest absolute Gasteiger partial charge is 0.292 e. The second-order valence-corrected chi connectivity index (χ2v) is 8.39. The Bertz CT molecular complexity index is 1450. The summed E-state index contributed by atoms with van der Waals surface area (Å²) in [6, 6.07) is 24.2. The van der Waals surface area contributed by atoms with Gasteiger partial charge in [0.2, 0.25) is 0 Å². The average molecular weight is 469 g/mol. The van der Waals surface area contributed by atoms with E-state index in [2.05, 4.69) is 15.4 Å². The summed E-state index contributed by atoms with van der Waals surface area (Å²) in [7, 11) is 0. The molecule has 3 aromatic carbocycles. The van der Waals surface area contributed by atoms with Crippen molar-refractivity contribution in [3.8, 4) is 5.75 Å². The van der Waals surface area contributed by atoms with E-state index >= 15 is 0 Å². The largest absolute Gasteiger partial charge is 0.507 e. The lowest BCUT2D eigenvalue weighted by Gasteiger charge is -2.19. The minimum absolute atomic E-state index is 0.0899. The SMILES string of the molecule is Cc1ccc2nc(Cl)c(/C=N/N3C(=O)/C(=C/c4ccccc4O)NC3c3ccccc3)cc2c1. The van der Waals surface area contributed by atoms with E-state index in [9.17, 15) is 9.90 Å². The Hall–Kier alpha value is -4.16. The van der Waals surface area contributed by atoms with Gasteiger partial charge in [-0.2, -0.15) is 5.10 Å². The number of fused-ring (bicyclic) bond motifs is 1. The summed E-state index contributed by atoms with van der Waals surface area (Å²) < 4.78 is 0. The minimum atomic E-state index is -0.517. The molecule has 6 nitrogen and oxygen atoms in total. The molecule has 34 heavy (non-hydrogen) atoms. The van der Waals surface area contributed by atoms with Crippen LogP contribution in [0.25, 0.3) is 17.0 Å². The number of aromatic hydroxyl groups is 1. The number of aromatic nitrogens is 1. The first kappa shape index (κ1) is 21.7. The van der Waals surface area contributed by atoms with Crippen molar-refractivity contribution in [3.63, 3.8) is 0 Å². The Balaban J connectivity index is 1.53. The van der Waals surface area contributed by atoms with Crippen LogP contribution in [0.3, 0.4) is 0 Å². The number of hydrazone groups is 1. The molecule has 1 saturated heterocycles. The number of benzene rings is 3. The zero-order valence-corrected chi connectivity index (χ0v) is 19.1. The predicted octanol–water partition coefficient (Wildman–Crippen LogP) is 5.41. The van der Waals surface area contributed by atoms with Gasteiger partial charge >= 0.3 is 0 Å². The van der Waals surface area contributed by atoms with E-state index in [1.807, 2.05) is 61.5 Å². The molecule has 1 unspecified atom stereocenters. The monoisotopic (exact) mass is 468 g/mol. The normalized spacial score (nSPS) is 17.1. The fourth-order valence-electron chi connectivity index (χ4n) is 3.86. The van der Waals surface area contributed by atoms with E-state index in [4.69, 9.17) is 11.6 Å². The maximum Gasteiger partial charge on any atom is 0.292 e. The summed E-state index contributed by atoms with van der Waals surface area (Å²) in [5.74, 6) is -0.235. The lowest BCUT2D eigenvalue weighted by atomic mass is 10.1.